The number of aromatic nitrogens is 2. The SMILES string of the molecule is Cc1nc(C(C)(C)C)nc2sc(C(=O)N3CCN(C(=O)c4cc5ccccc5o4)CC3)c(C)c12. The number of benzene rings is 1. The highest BCUT2D eigenvalue weighted by Crippen LogP contribution is 2.34. The zero-order chi connectivity index (χ0) is 24.2. The van der Waals surface area contributed by atoms with Crippen molar-refractivity contribution in [3.63, 3.8) is 0 Å². The Labute approximate surface area is 202 Å². The van der Waals surface area contributed by atoms with Crippen LogP contribution < -0.4 is 0 Å². The van der Waals surface area contributed by atoms with E-state index in [9.17, 15) is 9.59 Å². The van der Waals surface area contributed by atoms with Crippen molar-refractivity contribution >= 4 is 44.3 Å². The molecule has 8 heteroatoms. The van der Waals surface area contributed by atoms with Crippen LogP contribution >= 0.6 is 11.3 Å². The molecular formula is C26H28N4O3S. The average Bonchev–Trinajstić information content (AvgIpc) is 3.39. The van der Waals surface area contributed by atoms with Gasteiger partial charge in [-0.3, -0.25) is 9.59 Å². The fourth-order valence-corrected chi connectivity index (χ4v) is 5.58. The van der Waals surface area contributed by atoms with Crippen LogP contribution in [0.2, 0.25) is 0 Å². The van der Waals surface area contributed by atoms with Gasteiger partial charge < -0.3 is 14.2 Å². The minimum atomic E-state index is -0.163. The van der Waals surface area contributed by atoms with Gasteiger partial charge in [-0.1, -0.05) is 39.0 Å². The summed E-state index contributed by atoms with van der Waals surface area (Å²) in [6, 6.07) is 9.37. The Bertz CT molecular complexity index is 1390. The lowest BCUT2D eigenvalue weighted by Gasteiger charge is -2.34. The summed E-state index contributed by atoms with van der Waals surface area (Å²) in [6.45, 7) is 12.1. The van der Waals surface area contributed by atoms with Crippen LogP contribution in [0, 0.1) is 13.8 Å². The highest BCUT2D eigenvalue weighted by atomic mass is 32.1. The van der Waals surface area contributed by atoms with Crippen molar-refractivity contribution in [2.45, 2.75) is 40.0 Å². The van der Waals surface area contributed by atoms with Gasteiger partial charge in [0.15, 0.2) is 5.76 Å². The van der Waals surface area contributed by atoms with Crippen molar-refractivity contribution in [3.05, 3.63) is 58.1 Å². The maximum atomic E-state index is 13.4. The summed E-state index contributed by atoms with van der Waals surface area (Å²) in [5.74, 6) is 0.982. The van der Waals surface area contributed by atoms with Crippen LogP contribution in [0.5, 0.6) is 0 Å². The van der Waals surface area contributed by atoms with Crippen molar-refractivity contribution in [1.82, 2.24) is 19.8 Å². The Balaban J connectivity index is 1.33. The second-order valence-corrected chi connectivity index (χ2v) is 10.9. The van der Waals surface area contributed by atoms with Gasteiger partial charge in [0.1, 0.15) is 16.2 Å². The van der Waals surface area contributed by atoms with Crippen molar-refractivity contribution < 1.29 is 14.0 Å². The molecule has 1 fully saturated rings. The van der Waals surface area contributed by atoms with Crippen LogP contribution in [0.4, 0.5) is 0 Å². The summed E-state index contributed by atoms with van der Waals surface area (Å²) in [5.41, 5.74) is 2.38. The van der Waals surface area contributed by atoms with E-state index in [1.165, 1.54) is 11.3 Å². The lowest BCUT2D eigenvalue weighted by molar-refractivity contribution is 0.0521. The molecule has 0 bridgehead atoms. The molecule has 176 valence electrons. The number of piperazine rings is 1. The molecule has 4 heterocycles. The van der Waals surface area contributed by atoms with Crippen LogP contribution in [-0.2, 0) is 5.41 Å². The van der Waals surface area contributed by atoms with Gasteiger partial charge in [0.25, 0.3) is 11.8 Å². The van der Waals surface area contributed by atoms with E-state index in [0.29, 0.717) is 42.4 Å². The smallest absolute Gasteiger partial charge is 0.289 e. The lowest BCUT2D eigenvalue weighted by Crippen LogP contribution is -2.50. The second kappa shape index (κ2) is 8.20. The molecule has 1 saturated heterocycles. The monoisotopic (exact) mass is 476 g/mol. The van der Waals surface area contributed by atoms with Crippen LogP contribution in [0.1, 0.15) is 58.1 Å². The third-order valence-electron chi connectivity index (χ3n) is 6.33. The molecule has 0 spiro atoms. The van der Waals surface area contributed by atoms with Gasteiger partial charge >= 0.3 is 0 Å². The third-order valence-corrected chi connectivity index (χ3v) is 7.50. The Hall–Kier alpha value is -3.26. The summed E-state index contributed by atoms with van der Waals surface area (Å²) >= 11 is 1.44. The standard InChI is InChI=1S/C26H28N4O3S/c1-15-20-16(2)27-25(26(3,4)5)28-22(20)34-21(15)24(32)30-12-10-29(11-13-30)23(31)19-14-17-8-6-7-9-18(17)33-19/h6-9,14H,10-13H2,1-5H3. The van der Waals surface area contributed by atoms with Gasteiger partial charge in [-0.15, -0.1) is 11.3 Å². The maximum Gasteiger partial charge on any atom is 0.289 e. The number of nitrogens with zero attached hydrogens (tertiary/aromatic N) is 4. The first-order valence-electron chi connectivity index (χ1n) is 11.5. The van der Waals surface area contributed by atoms with Gasteiger partial charge in [0.2, 0.25) is 0 Å². The lowest BCUT2D eigenvalue weighted by atomic mass is 9.95. The fraction of sp³-hybridized carbons (Fsp3) is 0.385. The molecule has 0 aliphatic carbocycles. The van der Waals surface area contributed by atoms with Gasteiger partial charge in [-0.2, -0.15) is 0 Å². The maximum absolute atomic E-state index is 13.4. The first-order valence-corrected chi connectivity index (χ1v) is 12.3. The summed E-state index contributed by atoms with van der Waals surface area (Å²) in [6.07, 6.45) is 0. The molecule has 1 aliphatic rings. The molecule has 0 radical (unpaired) electrons. The predicted octanol–water partition coefficient (Wildman–Crippen LogP) is 4.95. The van der Waals surface area contributed by atoms with Crippen molar-refractivity contribution in [2.24, 2.45) is 0 Å². The number of aryl methyl sites for hydroxylation is 2. The highest BCUT2D eigenvalue weighted by molar-refractivity contribution is 7.20. The summed E-state index contributed by atoms with van der Waals surface area (Å²) < 4.78 is 5.74. The fourth-order valence-electron chi connectivity index (χ4n) is 4.38. The molecule has 7 nitrogen and oxygen atoms in total. The Kier molecular flexibility index (Phi) is 5.43. The highest BCUT2D eigenvalue weighted by Gasteiger charge is 2.30. The van der Waals surface area contributed by atoms with Crippen LogP contribution in [0.3, 0.4) is 0 Å². The Morgan fingerprint density at radius 2 is 1.62 bits per heavy atom. The zero-order valence-electron chi connectivity index (χ0n) is 20.1. The summed E-state index contributed by atoms with van der Waals surface area (Å²) in [5, 5.41) is 1.88. The Morgan fingerprint density at radius 1 is 0.971 bits per heavy atom. The van der Waals surface area contributed by atoms with Crippen LogP contribution in [0.15, 0.2) is 34.7 Å². The van der Waals surface area contributed by atoms with E-state index < -0.39 is 0 Å². The first kappa shape index (κ1) is 22.5. The molecule has 4 aromatic rings. The number of para-hydroxylation sites is 1. The number of carbonyl (C=O) groups excluding carboxylic acids is 2. The van der Waals surface area contributed by atoms with Crippen molar-refractivity contribution in [3.8, 4) is 0 Å². The molecule has 0 atom stereocenters. The van der Waals surface area contributed by atoms with Crippen molar-refractivity contribution in [1.29, 1.82) is 0 Å². The second-order valence-electron chi connectivity index (χ2n) is 9.85. The molecule has 0 N–H and O–H groups in total. The van der Waals surface area contributed by atoms with Gasteiger partial charge in [0, 0.05) is 42.4 Å². The van der Waals surface area contributed by atoms with Gasteiger partial charge in [-0.05, 0) is 31.5 Å². The Morgan fingerprint density at radius 3 is 2.26 bits per heavy atom. The molecule has 1 aromatic carbocycles. The first-order chi connectivity index (χ1) is 16.1. The van der Waals surface area contributed by atoms with Gasteiger partial charge in [0.05, 0.1) is 10.6 Å². The number of hydrogen-bond acceptors (Lipinski definition) is 6. The molecule has 0 saturated carbocycles. The number of fused-ring (bicyclic) bond motifs is 2. The molecule has 2 amide bonds. The number of carbonyl (C=O) groups is 2. The summed E-state index contributed by atoms with van der Waals surface area (Å²) in [4.78, 5) is 41.0. The van der Waals surface area contributed by atoms with E-state index in [4.69, 9.17) is 14.4 Å². The predicted molar refractivity (Wildman–Crippen MR) is 134 cm³/mol. The molecule has 34 heavy (non-hydrogen) atoms. The number of furan rings is 1. The molecule has 1 aliphatic heterocycles. The van der Waals surface area contributed by atoms with E-state index in [0.717, 1.165) is 32.7 Å². The normalized spacial score (nSPS) is 14.9. The summed E-state index contributed by atoms with van der Waals surface area (Å²) in [7, 11) is 0. The number of rotatable bonds is 2. The molecular weight excluding hydrogens is 448 g/mol. The van der Waals surface area contributed by atoms with E-state index in [2.05, 4.69) is 20.8 Å². The van der Waals surface area contributed by atoms with Crippen LogP contribution in [-0.4, -0.2) is 57.8 Å². The van der Waals surface area contributed by atoms with E-state index in [1.54, 1.807) is 11.0 Å². The topological polar surface area (TPSA) is 79.5 Å². The van der Waals surface area contributed by atoms with Crippen LogP contribution in [0.25, 0.3) is 21.2 Å². The van der Waals surface area contributed by atoms with E-state index in [-0.39, 0.29) is 17.2 Å². The molecule has 5 rings (SSSR count). The van der Waals surface area contributed by atoms with E-state index >= 15 is 0 Å². The van der Waals surface area contributed by atoms with E-state index in [1.807, 2.05) is 43.0 Å². The average molecular weight is 477 g/mol. The molecule has 3 aromatic heterocycles. The number of amides is 2. The third kappa shape index (κ3) is 3.86. The van der Waals surface area contributed by atoms with Gasteiger partial charge in [-0.25, -0.2) is 9.97 Å². The minimum Gasteiger partial charge on any atom is -0.451 e. The largest absolute Gasteiger partial charge is 0.451 e. The molecule has 0 unspecified atom stereocenters. The number of thiophene rings is 1. The quantitative estimate of drug-likeness (QED) is 0.409. The van der Waals surface area contributed by atoms with Crippen molar-refractivity contribution in [2.75, 3.05) is 26.2 Å². The minimum absolute atomic E-state index is 0.00644. The number of hydrogen-bond donors (Lipinski definition) is 0. The zero-order valence-corrected chi connectivity index (χ0v) is 21.0.